The van der Waals surface area contributed by atoms with Gasteiger partial charge in [0.25, 0.3) is 0 Å². The number of benzene rings is 1. The highest BCUT2D eigenvalue weighted by Gasteiger charge is 2.08. The first-order valence-electron chi connectivity index (χ1n) is 5.53. The molecule has 0 aliphatic heterocycles. The van der Waals surface area contributed by atoms with E-state index in [0.717, 1.165) is 22.5 Å². The molecular formula is C12H14BrN3OS. The molecule has 0 fully saturated rings. The Morgan fingerprint density at radius 3 is 2.94 bits per heavy atom. The predicted molar refractivity (Wildman–Crippen MR) is 75.9 cm³/mol. The summed E-state index contributed by atoms with van der Waals surface area (Å²) in [7, 11) is 1.66. The van der Waals surface area contributed by atoms with Crippen LogP contribution in [-0.2, 0) is 6.54 Å². The summed E-state index contributed by atoms with van der Waals surface area (Å²) in [4.78, 5) is 0. The summed E-state index contributed by atoms with van der Waals surface area (Å²) in [5.41, 5.74) is 2.17. The third kappa shape index (κ3) is 3.28. The lowest BCUT2D eigenvalue weighted by Gasteiger charge is -2.14. The Hall–Kier alpha value is -0.980. The fraction of sp³-hybridized carbons (Fsp3) is 0.333. The van der Waals surface area contributed by atoms with Crippen LogP contribution in [0.3, 0.4) is 0 Å². The molecule has 18 heavy (non-hydrogen) atoms. The molecule has 0 saturated carbocycles. The van der Waals surface area contributed by atoms with E-state index in [0.29, 0.717) is 0 Å². The van der Waals surface area contributed by atoms with Gasteiger partial charge in [0.05, 0.1) is 17.3 Å². The Balaban J connectivity index is 2.00. The Morgan fingerprint density at radius 2 is 2.33 bits per heavy atom. The third-order valence-electron chi connectivity index (χ3n) is 2.67. The molecule has 1 heterocycles. The van der Waals surface area contributed by atoms with E-state index in [4.69, 9.17) is 4.74 Å². The smallest absolute Gasteiger partial charge is 0.133 e. The first-order valence-corrected chi connectivity index (χ1v) is 7.16. The fourth-order valence-corrected chi connectivity index (χ4v) is 2.60. The number of aromatic nitrogens is 2. The Morgan fingerprint density at radius 1 is 1.50 bits per heavy atom. The van der Waals surface area contributed by atoms with E-state index >= 15 is 0 Å². The number of rotatable bonds is 5. The summed E-state index contributed by atoms with van der Waals surface area (Å²) in [5.74, 6) is 0.842. The molecule has 0 aliphatic rings. The van der Waals surface area contributed by atoms with Gasteiger partial charge in [0, 0.05) is 18.0 Å². The third-order valence-corrected chi connectivity index (χ3v) is 3.84. The first-order chi connectivity index (χ1) is 8.70. The monoisotopic (exact) mass is 327 g/mol. The fourth-order valence-electron chi connectivity index (χ4n) is 1.59. The molecule has 0 amide bonds. The molecule has 0 aliphatic carbocycles. The quantitative estimate of drug-likeness (QED) is 0.916. The van der Waals surface area contributed by atoms with E-state index in [1.54, 1.807) is 7.11 Å². The van der Waals surface area contributed by atoms with Gasteiger partial charge < -0.3 is 10.1 Å². The van der Waals surface area contributed by atoms with Crippen molar-refractivity contribution in [3.05, 3.63) is 39.3 Å². The van der Waals surface area contributed by atoms with E-state index < -0.39 is 0 Å². The number of ether oxygens (including phenoxy) is 1. The normalized spacial score (nSPS) is 12.4. The van der Waals surface area contributed by atoms with E-state index in [-0.39, 0.29) is 6.04 Å². The second-order valence-electron chi connectivity index (χ2n) is 3.89. The van der Waals surface area contributed by atoms with Gasteiger partial charge in [-0.25, -0.2) is 0 Å². The molecule has 0 spiro atoms. The average molecular weight is 328 g/mol. The first kappa shape index (κ1) is 13.5. The highest BCUT2D eigenvalue weighted by molar-refractivity contribution is 9.10. The van der Waals surface area contributed by atoms with E-state index in [1.165, 1.54) is 17.1 Å². The zero-order chi connectivity index (χ0) is 13.0. The maximum absolute atomic E-state index is 5.21. The van der Waals surface area contributed by atoms with Crippen LogP contribution in [0.25, 0.3) is 0 Å². The summed E-state index contributed by atoms with van der Waals surface area (Å²) in [6, 6.07) is 6.33. The van der Waals surface area contributed by atoms with Crippen LogP contribution in [0.5, 0.6) is 5.75 Å². The summed E-state index contributed by atoms with van der Waals surface area (Å²) in [6.07, 6.45) is 0. The van der Waals surface area contributed by atoms with Crippen LogP contribution in [-0.4, -0.2) is 16.7 Å². The highest BCUT2D eigenvalue weighted by Crippen LogP contribution is 2.28. The molecule has 1 N–H and O–H groups in total. The zero-order valence-electron chi connectivity index (χ0n) is 10.2. The van der Waals surface area contributed by atoms with Crippen molar-refractivity contribution >= 4 is 27.5 Å². The molecule has 2 rings (SSSR count). The van der Waals surface area contributed by atoms with Crippen molar-refractivity contribution < 1.29 is 4.74 Å². The van der Waals surface area contributed by atoms with Crippen LogP contribution >= 0.6 is 27.5 Å². The lowest BCUT2D eigenvalue weighted by Crippen LogP contribution is -2.18. The topological polar surface area (TPSA) is 47.0 Å². The molecule has 0 bridgehead atoms. The summed E-state index contributed by atoms with van der Waals surface area (Å²) in [5, 5.41) is 9.36. The van der Waals surface area contributed by atoms with Gasteiger partial charge in [-0.15, -0.1) is 5.10 Å². The van der Waals surface area contributed by atoms with Crippen molar-refractivity contribution in [1.29, 1.82) is 0 Å². The predicted octanol–water partition coefficient (Wildman–Crippen LogP) is 3.16. The van der Waals surface area contributed by atoms with Crippen LogP contribution < -0.4 is 10.1 Å². The second-order valence-corrected chi connectivity index (χ2v) is 5.36. The molecule has 4 nitrogen and oxygen atoms in total. The van der Waals surface area contributed by atoms with Gasteiger partial charge in [0.1, 0.15) is 5.75 Å². The summed E-state index contributed by atoms with van der Waals surface area (Å²) >= 11 is 4.86. The van der Waals surface area contributed by atoms with Gasteiger partial charge in [0.15, 0.2) is 0 Å². The second kappa shape index (κ2) is 6.26. The van der Waals surface area contributed by atoms with Gasteiger partial charge in [-0.3, -0.25) is 0 Å². The van der Waals surface area contributed by atoms with Gasteiger partial charge in [-0.2, -0.15) is 0 Å². The lowest BCUT2D eigenvalue weighted by molar-refractivity contribution is 0.411. The number of hydrogen-bond acceptors (Lipinski definition) is 5. The van der Waals surface area contributed by atoms with E-state index in [9.17, 15) is 0 Å². The standard InChI is InChI=1S/C12H14BrN3OS/c1-8(14-6-10-7-18-16-15-10)9-3-4-12(17-2)11(13)5-9/h3-5,7-8,14H,6H2,1-2H3. The van der Waals surface area contributed by atoms with Crippen molar-refractivity contribution in [3.63, 3.8) is 0 Å². The van der Waals surface area contributed by atoms with Crippen molar-refractivity contribution in [1.82, 2.24) is 14.9 Å². The van der Waals surface area contributed by atoms with Gasteiger partial charge in [-0.1, -0.05) is 10.6 Å². The average Bonchev–Trinajstić information content (AvgIpc) is 2.89. The number of nitrogens with zero attached hydrogens (tertiary/aromatic N) is 2. The van der Waals surface area contributed by atoms with E-state index in [1.807, 2.05) is 11.4 Å². The number of methoxy groups -OCH3 is 1. The van der Waals surface area contributed by atoms with Crippen LogP contribution in [0.2, 0.25) is 0 Å². The number of nitrogens with one attached hydrogen (secondary N) is 1. The van der Waals surface area contributed by atoms with Gasteiger partial charge >= 0.3 is 0 Å². The number of halogens is 1. The summed E-state index contributed by atoms with van der Waals surface area (Å²) < 4.78 is 10.0. The number of hydrogen-bond donors (Lipinski definition) is 1. The molecule has 0 saturated heterocycles. The minimum Gasteiger partial charge on any atom is -0.496 e. The largest absolute Gasteiger partial charge is 0.496 e. The van der Waals surface area contributed by atoms with Gasteiger partial charge in [0.2, 0.25) is 0 Å². The maximum atomic E-state index is 5.21. The molecular weight excluding hydrogens is 314 g/mol. The molecule has 96 valence electrons. The lowest BCUT2D eigenvalue weighted by atomic mass is 10.1. The molecule has 1 aromatic carbocycles. The molecule has 2 aromatic rings. The molecule has 1 unspecified atom stereocenters. The Bertz CT molecular complexity index is 504. The Kier molecular flexibility index (Phi) is 4.68. The molecule has 0 radical (unpaired) electrons. The van der Waals surface area contributed by atoms with Crippen LogP contribution in [0.15, 0.2) is 28.1 Å². The Labute approximate surface area is 119 Å². The van der Waals surface area contributed by atoms with Crippen molar-refractivity contribution in [3.8, 4) is 5.75 Å². The van der Waals surface area contributed by atoms with E-state index in [2.05, 4.69) is 49.9 Å². The minimum absolute atomic E-state index is 0.244. The van der Waals surface area contributed by atoms with Crippen molar-refractivity contribution in [2.75, 3.05) is 7.11 Å². The summed E-state index contributed by atoms with van der Waals surface area (Å²) in [6.45, 7) is 2.84. The highest BCUT2D eigenvalue weighted by atomic mass is 79.9. The molecule has 6 heteroatoms. The van der Waals surface area contributed by atoms with Crippen LogP contribution in [0, 0.1) is 0 Å². The van der Waals surface area contributed by atoms with Crippen LogP contribution in [0.1, 0.15) is 24.2 Å². The van der Waals surface area contributed by atoms with Crippen molar-refractivity contribution in [2.45, 2.75) is 19.5 Å². The zero-order valence-corrected chi connectivity index (χ0v) is 12.6. The minimum atomic E-state index is 0.244. The molecule has 1 aromatic heterocycles. The van der Waals surface area contributed by atoms with Gasteiger partial charge in [-0.05, 0) is 52.1 Å². The van der Waals surface area contributed by atoms with Crippen molar-refractivity contribution in [2.24, 2.45) is 0 Å². The SMILES string of the molecule is COc1ccc(C(C)NCc2csnn2)cc1Br. The van der Waals surface area contributed by atoms with Crippen LogP contribution in [0.4, 0.5) is 0 Å². The molecule has 1 atom stereocenters. The maximum Gasteiger partial charge on any atom is 0.133 e.